The third kappa shape index (κ3) is 1.39. The van der Waals surface area contributed by atoms with Gasteiger partial charge in [0, 0.05) is 23.3 Å². The first-order chi connectivity index (χ1) is 7.45. The molecule has 3 nitrogen and oxygen atoms in total. The summed E-state index contributed by atoms with van der Waals surface area (Å²) in [6.45, 7) is 0. The molecule has 0 fully saturated rings. The minimum atomic E-state index is 0.953. The van der Waals surface area contributed by atoms with Gasteiger partial charge in [0.15, 0.2) is 0 Å². The maximum absolute atomic E-state index is 4.30. The highest BCUT2D eigenvalue weighted by molar-refractivity contribution is 7.16. The molecule has 0 aliphatic heterocycles. The minimum absolute atomic E-state index is 0.953. The summed E-state index contributed by atoms with van der Waals surface area (Å²) >= 11 is 1.62. The summed E-state index contributed by atoms with van der Waals surface area (Å²) in [5.41, 5.74) is 1.98. The molecule has 0 radical (unpaired) electrons. The van der Waals surface area contributed by atoms with Crippen LogP contribution < -0.4 is 0 Å². The number of pyridine rings is 1. The SMILES string of the molecule is c1cncc(-c2ncnc3sccc23)c1. The Hall–Kier alpha value is -1.81. The van der Waals surface area contributed by atoms with Gasteiger partial charge in [0.25, 0.3) is 0 Å². The lowest BCUT2D eigenvalue weighted by Crippen LogP contribution is -1.86. The molecule has 72 valence electrons. The van der Waals surface area contributed by atoms with E-state index >= 15 is 0 Å². The van der Waals surface area contributed by atoms with Crippen LogP contribution in [0.5, 0.6) is 0 Å². The lowest BCUT2D eigenvalue weighted by molar-refractivity contribution is 1.22. The molecule has 3 rings (SSSR count). The molecule has 0 aromatic carbocycles. The van der Waals surface area contributed by atoms with E-state index in [1.807, 2.05) is 29.8 Å². The summed E-state index contributed by atoms with van der Waals surface area (Å²) in [4.78, 5) is 13.6. The average molecular weight is 213 g/mol. The van der Waals surface area contributed by atoms with Crippen molar-refractivity contribution < 1.29 is 0 Å². The zero-order valence-corrected chi connectivity index (χ0v) is 8.61. The molecular weight excluding hydrogens is 206 g/mol. The molecule has 0 amide bonds. The van der Waals surface area contributed by atoms with Crippen molar-refractivity contribution in [2.75, 3.05) is 0 Å². The van der Waals surface area contributed by atoms with Crippen LogP contribution in [-0.4, -0.2) is 15.0 Å². The number of thiophene rings is 1. The molecule has 0 N–H and O–H groups in total. The Bertz CT molecular complexity index is 589. The minimum Gasteiger partial charge on any atom is -0.264 e. The van der Waals surface area contributed by atoms with Crippen LogP contribution in [-0.2, 0) is 0 Å². The zero-order chi connectivity index (χ0) is 10.1. The molecule has 4 heteroatoms. The van der Waals surface area contributed by atoms with Crippen molar-refractivity contribution in [3.63, 3.8) is 0 Å². The van der Waals surface area contributed by atoms with E-state index in [4.69, 9.17) is 0 Å². The second-order valence-corrected chi connectivity index (χ2v) is 4.00. The number of rotatable bonds is 1. The van der Waals surface area contributed by atoms with Gasteiger partial charge >= 0.3 is 0 Å². The zero-order valence-electron chi connectivity index (χ0n) is 7.79. The van der Waals surface area contributed by atoms with Gasteiger partial charge in [0.05, 0.1) is 5.69 Å². The monoisotopic (exact) mass is 213 g/mol. The van der Waals surface area contributed by atoms with Crippen LogP contribution in [0.15, 0.2) is 42.3 Å². The van der Waals surface area contributed by atoms with E-state index in [9.17, 15) is 0 Å². The van der Waals surface area contributed by atoms with Gasteiger partial charge in [-0.15, -0.1) is 11.3 Å². The number of hydrogen-bond donors (Lipinski definition) is 0. The standard InChI is InChI=1S/C11H7N3S/c1-2-8(6-12-4-1)10-9-3-5-15-11(9)14-7-13-10/h1-7H. The molecule has 0 atom stereocenters. The molecule has 0 saturated heterocycles. The number of nitrogens with zero attached hydrogens (tertiary/aromatic N) is 3. The summed E-state index contributed by atoms with van der Waals surface area (Å²) in [6, 6.07) is 5.96. The van der Waals surface area contributed by atoms with E-state index < -0.39 is 0 Å². The van der Waals surface area contributed by atoms with Crippen molar-refractivity contribution in [3.8, 4) is 11.3 Å². The van der Waals surface area contributed by atoms with Crippen LogP contribution in [0.1, 0.15) is 0 Å². The predicted molar refractivity (Wildman–Crippen MR) is 60.6 cm³/mol. The lowest BCUT2D eigenvalue weighted by atomic mass is 10.1. The quantitative estimate of drug-likeness (QED) is 0.624. The molecule has 0 spiro atoms. The van der Waals surface area contributed by atoms with E-state index in [0.717, 1.165) is 21.5 Å². The van der Waals surface area contributed by atoms with Crippen LogP contribution in [0.4, 0.5) is 0 Å². The molecule has 0 aliphatic carbocycles. The van der Waals surface area contributed by atoms with Gasteiger partial charge in [-0.3, -0.25) is 4.98 Å². The average Bonchev–Trinajstić information content (AvgIpc) is 2.78. The molecule has 3 aromatic rings. The van der Waals surface area contributed by atoms with Crippen molar-refractivity contribution in [1.82, 2.24) is 15.0 Å². The van der Waals surface area contributed by atoms with Gasteiger partial charge < -0.3 is 0 Å². The second kappa shape index (κ2) is 3.40. The van der Waals surface area contributed by atoms with E-state index in [-0.39, 0.29) is 0 Å². The van der Waals surface area contributed by atoms with Gasteiger partial charge in [0.1, 0.15) is 11.2 Å². The molecule has 0 aliphatic rings. The molecule has 0 unspecified atom stereocenters. The first-order valence-electron chi connectivity index (χ1n) is 4.54. The summed E-state index contributed by atoms with van der Waals surface area (Å²) in [5, 5.41) is 3.12. The molecule has 0 saturated carbocycles. The van der Waals surface area contributed by atoms with Crippen LogP contribution in [0.3, 0.4) is 0 Å². The first-order valence-corrected chi connectivity index (χ1v) is 5.42. The fourth-order valence-electron chi connectivity index (χ4n) is 1.52. The third-order valence-electron chi connectivity index (χ3n) is 2.20. The Morgan fingerprint density at radius 3 is 3.00 bits per heavy atom. The Morgan fingerprint density at radius 1 is 1.13 bits per heavy atom. The number of hydrogen-bond acceptors (Lipinski definition) is 4. The Labute approximate surface area is 90.5 Å². The lowest BCUT2D eigenvalue weighted by Gasteiger charge is -2.00. The Kier molecular flexibility index (Phi) is 1.93. The van der Waals surface area contributed by atoms with Gasteiger partial charge in [-0.25, -0.2) is 9.97 Å². The van der Waals surface area contributed by atoms with Crippen molar-refractivity contribution in [2.45, 2.75) is 0 Å². The maximum Gasteiger partial charge on any atom is 0.127 e. The van der Waals surface area contributed by atoms with Gasteiger partial charge in [0.2, 0.25) is 0 Å². The normalized spacial score (nSPS) is 10.7. The highest BCUT2D eigenvalue weighted by Gasteiger charge is 2.06. The summed E-state index contributed by atoms with van der Waals surface area (Å²) in [7, 11) is 0. The topological polar surface area (TPSA) is 38.7 Å². The Balaban J connectivity index is 2.31. The molecular formula is C11H7N3S. The number of aromatic nitrogens is 3. The fourth-order valence-corrected chi connectivity index (χ4v) is 2.26. The maximum atomic E-state index is 4.30. The fraction of sp³-hybridized carbons (Fsp3) is 0. The summed E-state index contributed by atoms with van der Waals surface area (Å²) in [6.07, 6.45) is 5.18. The first kappa shape index (κ1) is 8.49. The van der Waals surface area contributed by atoms with E-state index in [2.05, 4.69) is 15.0 Å². The van der Waals surface area contributed by atoms with Crippen molar-refractivity contribution in [2.24, 2.45) is 0 Å². The largest absolute Gasteiger partial charge is 0.264 e. The highest BCUT2D eigenvalue weighted by Crippen LogP contribution is 2.27. The molecule has 0 bridgehead atoms. The number of fused-ring (bicyclic) bond motifs is 1. The van der Waals surface area contributed by atoms with E-state index in [0.29, 0.717) is 0 Å². The molecule has 3 heterocycles. The summed E-state index contributed by atoms with van der Waals surface area (Å²) < 4.78 is 0. The van der Waals surface area contributed by atoms with Gasteiger partial charge in [-0.1, -0.05) is 0 Å². The van der Waals surface area contributed by atoms with Crippen molar-refractivity contribution in [3.05, 3.63) is 42.3 Å². The van der Waals surface area contributed by atoms with Crippen LogP contribution in [0.2, 0.25) is 0 Å². The molecule has 15 heavy (non-hydrogen) atoms. The van der Waals surface area contributed by atoms with Crippen LogP contribution >= 0.6 is 11.3 Å². The van der Waals surface area contributed by atoms with Crippen LogP contribution in [0.25, 0.3) is 21.5 Å². The second-order valence-electron chi connectivity index (χ2n) is 3.10. The molecule has 3 aromatic heterocycles. The predicted octanol–water partition coefficient (Wildman–Crippen LogP) is 2.75. The third-order valence-corrected chi connectivity index (χ3v) is 3.02. The smallest absolute Gasteiger partial charge is 0.127 e. The van der Waals surface area contributed by atoms with Gasteiger partial charge in [-0.05, 0) is 23.6 Å². The van der Waals surface area contributed by atoms with E-state index in [1.54, 1.807) is 23.9 Å². The van der Waals surface area contributed by atoms with Gasteiger partial charge in [-0.2, -0.15) is 0 Å². The van der Waals surface area contributed by atoms with Crippen molar-refractivity contribution >= 4 is 21.6 Å². The summed E-state index contributed by atoms with van der Waals surface area (Å²) in [5.74, 6) is 0. The Morgan fingerprint density at radius 2 is 2.13 bits per heavy atom. The van der Waals surface area contributed by atoms with Crippen molar-refractivity contribution in [1.29, 1.82) is 0 Å². The van der Waals surface area contributed by atoms with Crippen LogP contribution in [0, 0.1) is 0 Å². The highest BCUT2D eigenvalue weighted by atomic mass is 32.1. The van der Waals surface area contributed by atoms with E-state index in [1.165, 1.54) is 0 Å².